The van der Waals surface area contributed by atoms with Crippen molar-refractivity contribution in [2.75, 3.05) is 0 Å². The normalized spacial score (nSPS) is 16.0. The smallest absolute Gasteiger partial charge is 0.182 e. The summed E-state index contributed by atoms with van der Waals surface area (Å²) < 4.78 is 1.94. The van der Waals surface area contributed by atoms with Gasteiger partial charge in [0.15, 0.2) is 11.5 Å². The zero-order chi connectivity index (χ0) is 11.0. The van der Waals surface area contributed by atoms with Crippen molar-refractivity contribution in [1.29, 1.82) is 0 Å². The molecule has 0 unspecified atom stereocenters. The summed E-state index contributed by atoms with van der Waals surface area (Å²) in [5.74, 6) is 0.805. The molecule has 0 aliphatic carbocycles. The van der Waals surface area contributed by atoms with Crippen molar-refractivity contribution in [1.82, 2.24) is 14.6 Å². The summed E-state index contributed by atoms with van der Waals surface area (Å²) in [6, 6.07) is 5.81. The summed E-state index contributed by atoms with van der Waals surface area (Å²) in [4.78, 5) is 4.31. The Morgan fingerprint density at radius 2 is 2.12 bits per heavy atom. The largest absolute Gasteiger partial charge is 0.401 e. The molecule has 0 saturated heterocycles. The van der Waals surface area contributed by atoms with E-state index in [1.165, 1.54) is 0 Å². The minimum absolute atomic E-state index is 0.805. The fourth-order valence-electron chi connectivity index (χ4n) is 1.76. The van der Waals surface area contributed by atoms with Crippen molar-refractivity contribution in [2.24, 2.45) is 10.7 Å². The number of hydrogen-bond donors (Lipinski definition) is 1. The van der Waals surface area contributed by atoms with Crippen LogP contribution in [-0.4, -0.2) is 20.3 Å². The Bertz CT molecular complexity index is 593. The molecule has 0 radical (unpaired) electrons. The molecule has 0 amide bonds. The van der Waals surface area contributed by atoms with Gasteiger partial charge in [-0.05, 0) is 25.0 Å². The van der Waals surface area contributed by atoms with Crippen LogP contribution in [0.1, 0.15) is 18.7 Å². The van der Waals surface area contributed by atoms with Gasteiger partial charge in [0.1, 0.15) is 0 Å². The third-order valence-corrected chi connectivity index (χ3v) is 2.61. The lowest BCUT2D eigenvalue weighted by Crippen LogP contribution is -2.12. The van der Waals surface area contributed by atoms with Crippen molar-refractivity contribution in [3.05, 3.63) is 42.1 Å². The van der Waals surface area contributed by atoms with Crippen LogP contribution in [0.2, 0.25) is 0 Å². The first kappa shape index (κ1) is 9.08. The highest BCUT2D eigenvalue weighted by molar-refractivity contribution is 5.99. The van der Waals surface area contributed by atoms with E-state index >= 15 is 0 Å². The van der Waals surface area contributed by atoms with Crippen molar-refractivity contribution in [3.63, 3.8) is 0 Å². The number of aromatic nitrogens is 3. The summed E-state index contributed by atoms with van der Waals surface area (Å²) in [6.07, 6.45) is 5.29. The quantitative estimate of drug-likeness (QED) is 0.771. The molecule has 3 heterocycles. The predicted molar refractivity (Wildman–Crippen MR) is 61.0 cm³/mol. The van der Waals surface area contributed by atoms with Crippen LogP contribution in [-0.2, 0) is 0 Å². The van der Waals surface area contributed by atoms with Crippen LogP contribution in [0.15, 0.2) is 41.3 Å². The minimum atomic E-state index is 0.805. The standard InChI is InChI=1S/C11H11N5/c12-8-4-5-9(13-7-8)11-15-14-10-3-1-2-6-16(10)11/h1-3,6-7H,4-5,12H2. The van der Waals surface area contributed by atoms with Gasteiger partial charge in [0.05, 0.1) is 5.71 Å². The second-order valence-corrected chi connectivity index (χ2v) is 3.73. The summed E-state index contributed by atoms with van der Waals surface area (Å²) in [6.45, 7) is 0. The molecule has 3 rings (SSSR count). The van der Waals surface area contributed by atoms with Crippen molar-refractivity contribution in [2.45, 2.75) is 12.8 Å². The van der Waals surface area contributed by atoms with Gasteiger partial charge in [-0.25, -0.2) is 0 Å². The number of nitrogens with two attached hydrogens (primary N) is 1. The van der Waals surface area contributed by atoms with Crippen LogP contribution in [0.4, 0.5) is 0 Å². The molecule has 0 saturated carbocycles. The Labute approximate surface area is 92.3 Å². The molecule has 2 N–H and O–H groups in total. The van der Waals surface area contributed by atoms with Crippen LogP contribution in [0.5, 0.6) is 0 Å². The molecule has 16 heavy (non-hydrogen) atoms. The van der Waals surface area contributed by atoms with Gasteiger partial charge >= 0.3 is 0 Å². The number of pyridine rings is 1. The maximum absolute atomic E-state index is 5.67. The third-order valence-electron chi connectivity index (χ3n) is 2.61. The lowest BCUT2D eigenvalue weighted by atomic mass is 10.1. The average Bonchev–Trinajstić information content (AvgIpc) is 2.74. The number of allylic oxidation sites excluding steroid dienone is 1. The zero-order valence-electron chi connectivity index (χ0n) is 8.67. The lowest BCUT2D eigenvalue weighted by molar-refractivity contribution is 0.935. The molecular weight excluding hydrogens is 202 g/mol. The lowest BCUT2D eigenvalue weighted by Gasteiger charge is -2.08. The van der Waals surface area contributed by atoms with E-state index in [0.717, 1.165) is 35.7 Å². The number of hydrogen-bond acceptors (Lipinski definition) is 4. The van der Waals surface area contributed by atoms with Gasteiger partial charge < -0.3 is 5.73 Å². The Morgan fingerprint density at radius 3 is 2.94 bits per heavy atom. The summed E-state index contributed by atoms with van der Waals surface area (Å²) >= 11 is 0. The Hall–Kier alpha value is -2.17. The molecule has 0 fully saturated rings. The number of rotatable bonds is 1. The van der Waals surface area contributed by atoms with E-state index in [4.69, 9.17) is 5.73 Å². The first-order valence-corrected chi connectivity index (χ1v) is 5.16. The molecule has 1 aliphatic heterocycles. The van der Waals surface area contributed by atoms with E-state index in [0.29, 0.717) is 0 Å². The van der Waals surface area contributed by atoms with Crippen LogP contribution < -0.4 is 5.73 Å². The molecule has 0 aromatic carbocycles. The zero-order valence-corrected chi connectivity index (χ0v) is 8.67. The first-order valence-electron chi connectivity index (χ1n) is 5.16. The van der Waals surface area contributed by atoms with Gasteiger partial charge in [-0.2, -0.15) is 0 Å². The van der Waals surface area contributed by atoms with E-state index in [9.17, 15) is 0 Å². The molecule has 0 atom stereocenters. The molecule has 2 aromatic heterocycles. The summed E-state index contributed by atoms with van der Waals surface area (Å²) in [7, 11) is 0. The van der Waals surface area contributed by atoms with E-state index in [1.807, 2.05) is 28.8 Å². The fourth-order valence-corrected chi connectivity index (χ4v) is 1.76. The van der Waals surface area contributed by atoms with Crippen LogP contribution in [0.25, 0.3) is 5.65 Å². The fraction of sp³-hybridized carbons (Fsp3) is 0.182. The van der Waals surface area contributed by atoms with Gasteiger partial charge in [0.2, 0.25) is 0 Å². The Morgan fingerprint density at radius 1 is 1.19 bits per heavy atom. The molecular formula is C11H11N5. The van der Waals surface area contributed by atoms with E-state index < -0.39 is 0 Å². The van der Waals surface area contributed by atoms with E-state index in [2.05, 4.69) is 15.2 Å². The molecule has 5 heteroatoms. The molecule has 0 bridgehead atoms. The van der Waals surface area contributed by atoms with Crippen LogP contribution in [0.3, 0.4) is 0 Å². The molecule has 1 aliphatic rings. The predicted octanol–water partition coefficient (Wildman–Crippen LogP) is 1.11. The van der Waals surface area contributed by atoms with Crippen LogP contribution in [0, 0.1) is 0 Å². The maximum atomic E-state index is 5.67. The molecule has 5 nitrogen and oxygen atoms in total. The number of aliphatic imine (C=N–C) groups is 1. The summed E-state index contributed by atoms with van der Waals surface area (Å²) in [5.41, 5.74) is 8.27. The van der Waals surface area contributed by atoms with Crippen molar-refractivity contribution < 1.29 is 0 Å². The Balaban J connectivity index is 2.13. The van der Waals surface area contributed by atoms with E-state index in [-0.39, 0.29) is 0 Å². The highest BCUT2D eigenvalue weighted by atomic mass is 15.2. The highest BCUT2D eigenvalue weighted by Gasteiger charge is 2.14. The topological polar surface area (TPSA) is 68.6 Å². The van der Waals surface area contributed by atoms with Gasteiger partial charge in [0, 0.05) is 18.1 Å². The number of fused-ring (bicyclic) bond motifs is 1. The minimum Gasteiger partial charge on any atom is -0.401 e. The highest BCUT2D eigenvalue weighted by Crippen LogP contribution is 2.13. The molecule has 0 spiro atoms. The number of nitrogens with zero attached hydrogens (tertiary/aromatic N) is 4. The van der Waals surface area contributed by atoms with Gasteiger partial charge in [-0.1, -0.05) is 6.07 Å². The monoisotopic (exact) mass is 213 g/mol. The average molecular weight is 213 g/mol. The third kappa shape index (κ3) is 1.37. The molecule has 80 valence electrons. The van der Waals surface area contributed by atoms with E-state index in [1.54, 1.807) is 6.20 Å². The SMILES string of the molecule is NC1=CN=C(c2nnc3ccccn23)CC1. The first-order chi connectivity index (χ1) is 7.84. The van der Waals surface area contributed by atoms with Gasteiger partial charge in [-0.15, -0.1) is 10.2 Å². The summed E-state index contributed by atoms with van der Waals surface area (Å²) in [5, 5.41) is 8.25. The van der Waals surface area contributed by atoms with Gasteiger partial charge in [-0.3, -0.25) is 9.39 Å². The second-order valence-electron chi connectivity index (χ2n) is 3.73. The maximum Gasteiger partial charge on any atom is 0.182 e. The second kappa shape index (κ2) is 3.44. The van der Waals surface area contributed by atoms with Gasteiger partial charge in [0.25, 0.3) is 0 Å². The van der Waals surface area contributed by atoms with Crippen molar-refractivity contribution >= 4 is 11.4 Å². The van der Waals surface area contributed by atoms with Crippen molar-refractivity contribution in [3.8, 4) is 0 Å². The Kier molecular flexibility index (Phi) is 1.96. The van der Waals surface area contributed by atoms with Crippen LogP contribution >= 0.6 is 0 Å². The molecule has 2 aromatic rings.